The Bertz CT molecular complexity index is 1450. The molecular formula is C27H34N8O. The van der Waals surface area contributed by atoms with Gasteiger partial charge in [-0.2, -0.15) is 10.2 Å². The molecule has 2 amide bonds. The third kappa shape index (κ3) is 3.68. The van der Waals surface area contributed by atoms with E-state index < -0.39 is 0 Å². The molecule has 9 nitrogen and oxygen atoms in total. The predicted molar refractivity (Wildman–Crippen MR) is 140 cm³/mol. The molecule has 4 aromatic heterocycles. The Kier molecular flexibility index (Phi) is 5.04. The number of urea groups is 1. The van der Waals surface area contributed by atoms with E-state index in [0.29, 0.717) is 0 Å². The molecule has 1 atom stereocenters. The minimum absolute atomic E-state index is 0.0211. The summed E-state index contributed by atoms with van der Waals surface area (Å²) < 4.78 is 4.17. The molecule has 0 radical (unpaired) electrons. The Morgan fingerprint density at radius 3 is 2.78 bits per heavy atom. The van der Waals surface area contributed by atoms with E-state index in [-0.39, 0.29) is 23.0 Å². The lowest BCUT2D eigenvalue weighted by Gasteiger charge is -2.27. The van der Waals surface area contributed by atoms with Crippen molar-refractivity contribution in [3.63, 3.8) is 0 Å². The number of H-pyrrole nitrogens is 1. The first-order valence-corrected chi connectivity index (χ1v) is 12.8. The molecule has 1 saturated heterocycles. The molecule has 1 fully saturated rings. The lowest BCUT2D eigenvalue weighted by atomic mass is 9.82. The SMILES string of the molecule is CC(C)n1nccc1-c1c[nH]c2ncc(-c3cc4n(n3)CCC43CCN(C(=O)NC(C)(C)C)C3)cc12. The topological polar surface area (TPSA) is 96.7 Å². The number of pyridine rings is 1. The average molecular weight is 487 g/mol. The summed E-state index contributed by atoms with van der Waals surface area (Å²) >= 11 is 0. The molecule has 0 aromatic carbocycles. The number of rotatable bonds is 3. The number of hydrogen-bond acceptors (Lipinski definition) is 4. The number of aromatic nitrogens is 6. The zero-order chi connectivity index (χ0) is 25.2. The fourth-order valence-corrected chi connectivity index (χ4v) is 5.76. The number of carbonyl (C=O) groups excluding carboxylic acids is 1. The molecular weight excluding hydrogens is 452 g/mol. The van der Waals surface area contributed by atoms with Crippen LogP contribution in [0, 0.1) is 0 Å². The molecule has 0 saturated carbocycles. The number of nitrogens with zero attached hydrogens (tertiary/aromatic N) is 6. The van der Waals surface area contributed by atoms with Crippen molar-refractivity contribution in [2.24, 2.45) is 0 Å². The van der Waals surface area contributed by atoms with Crippen LogP contribution in [0.4, 0.5) is 4.79 Å². The Morgan fingerprint density at radius 2 is 2.00 bits per heavy atom. The number of likely N-dealkylation sites (tertiary alicyclic amines) is 1. The van der Waals surface area contributed by atoms with Gasteiger partial charge < -0.3 is 15.2 Å². The number of carbonyl (C=O) groups is 1. The Hall–Kier alpha value is -3.62. The first kappa shape index (κ1) is 22.8. The third-order valence-corrected chi connectivity index (χ3v) is 7.51. The summed E-state index contributed by atoms with van der Waals surface area (Å²) in [6.07, 6.45) is 7.74. The molecule has 1 unspecified atom stereocenters. The van der Waals surface area contributed by atoms with Crippen molar-refractivity contribution < 1.29 is 4.79 Å². The number of aromatic amines is 1. The van der Waals surface area contributed by atoms with E-state index in [4.69, 9.17) is 10.1 Å². The van der Waals surface area contributed by atoms with Gasteiger partial charge in [0.25, 0.3) is 0 Å². The average Bonchev–Trinajstić information content (AvgIpc) is 3.62. The number of nitrogens with one attached hydrogen (secondary N) is 2. The molecule has 2 N–H and O–H groups in total. The molecule has 9 heteroatoms. The van der Waals surface area contributed by atoms with Gasteiger partial charge in [0, 0.05) is 77.4 Å². The highest BCUT2D eigenvalue weighted by Gasteiger charge is 2.47. The van der Waals surface area contributed by atoms with Gasteiger partial charge in [-0.15, -0.1) is 0 Å². The van der Waals surface area contributed by atoms with E-state index in [1.807, 2.05) is 55.0 Å². The first-order chi connectivity index (χ1) is 17.1. The maximum atomic E-state index is 12.8. The Labute approximate surface area is 210 Å². The molecule has 6 heterocycles. The van der Waals surface area contributed by atoms with Crippen LogP contribution in [0.15, 0.2) is 36.8 Å². The second-order valence-corrected chi connectivity index (χ2v) is 11.6. The van der Waals surface area contributed by atoms with Gasteiger partial charge in [0.2, 0.25) is 0 Å². The highest BCUT2D eigenvalue weighted by molar-refractivity contribution is 5.94. The summed E-state index contributed by atoms with van der Waals surface area (Å²) in [5.41, 5.74) is 5.90. The van der Waals surface area contributed by atoms with Crippen LogP contribution in [0.3, 0.4) is 0 Å². The number of fused-ring (bicyclic) bond motifs is 3. The minimum Gasteiger partial charge on any atom is -0.345 e. The molecule has 1 spiro atoms. The van der Waals surface area contributed by atoms with Gasteiger partial charge in [-0.05, 0) is 65.7 Å². The summed E-state index contributed by atoms with van der Waals surface area (Å²) in [5, 5.41) is 13.6. The van der Waals surface area contributed by atoms with Crippen molar-refractivity contribution in [2.45, 2.75) is 71.0 Å². The number of hydrogen-bond donors (Lipinski definition) is 2. The second-order valence-electron chi connectivity index (χ2n) is 11.6. The van der Waals surface area contributed by atoms with Gasteiger partial charge in [-0.3, -0.25) is 9.36 Å². The lowest BCUT2D eigenvalue weighted by molar-refractivity contribution is 0.196. The van der Waals surface area contributed by atoms with Gasteiger partial charge in [0.1, 0.15) is 5.65 Å². The quantitative estimate of drug-likeness (QED) is 0.438. The summed E-state index contributed by atoms with van der Waals surface area (Å²) in [6, 6.07) is 6.72. The van der Waals surface area contributed by atoms with Crippen molar-refractivity contribution in [2.75, 3.05) is 13.1 Å². The molecule has 4 aromatic rings. The molecule has 6 rings (SSSR count). The first-order valence-electron chi connectivity index (χ1n) is 12.8. The standard InChI is InChI=1S/C27H34N8O/c1-17(2)35-22(6-9-30-35)20-15-29-24-19(20)12-18(14-28-24)21-13-23-27(8-11-34(23)32-21)7-10-33(16-27)25(36)31-26(3,4)5/h6,9,12-15,17H,7-8,10-11,16H2,1-5H3,(H,28,29)(H,31,36). The van der Waals surface area contributed by atoms with Gasteiger partial charge in [-0.25, -0.2) is 9.78 Å². The fraction of sp³-hybridized carbons (Fsp3) is 0.481. The van der Waals surface area contributed by atoms with Gasteiger partial charge in [0.15, 0.2) is 0 Å². The highest BCUT2D eigenvalue weighted by atomic mass is 16.2. The van der Waals surface area contributed by atoms with Crippen LogP contribution in [0.5, 0.6) is 0 Å². The van der Waals surface area contributed by atoms with E-state index >= 15 is 0 Å². The summed E-state index contributed by atoms with van der Waals surface area (Å²) in [4.78, 5) is 22.8. The lowest BCUT2D eigenvalue weighted by Crippen LogP contribution is -2.48. The highest BCUT2D eigenvalue weighted by Crippen LogP contribution is 2.44. The largest absolute Gasteiger partial charge is 0.345 e. The molecule has 2 aliphatic rings. The summed E-state index contributed by atoms with van der Waals surface area (Å²) in [6.45, 7) is 12.7. The predicted octanol–water partition coefficient (Wildman–Crippen LogP) is 4.73. The van der Waals surface area contributed by atoms with Crippen molar-refractivity contribution >= 4 is 17.1 Å². The zero-order valence-electron chi connectivity index (χ0n) is 21.7. The van der Waals surface area contributed by atoms with Crippen molar-refractivity contribution in [3.05, 3.63) is 42.5 Å². The minimum atomic E-state index is -0.243. The number of amides is 2. The maximum Gasteiger partial charge on any atom is 0.317 e. The maximum absolute atomic E-state index is 12.8. The third-order valence-electron chi connectivity index (χ3n) is 7.51. The summed E-state index contributed by atoms with van der Waals surface area (Å²) in [5.74, 6) is 0. The van der Waals surface area contributed by atoms with Gasteiger partial charge in [-0.1, -0.05) is 0 Å². The smallest absolute Gasteiger partial charge is 0.317 e. The van der Waals surface area contributed by atoms with Crippen LogP contribution in [0.2, 0.25) is 0 Å². The van der Waals surface area contributed by atoms with Crippen molar-refractivity contribution in [1.82, 2.24) is 39.7 Å². The van der Waals surface area contributed by atoms with E-state index in [0.717, 1.165) is 66.0 Å². The normalized spacial score (nSPS) is 19.7. The van der Waals surface area contributed by atoms with E-state index in [9.17, 15) is 4.79 Å². The van der Waals surface area contributed by atoms with Crippen molar-refractivity contribution in [1.29, 1.82) is 0 Å². The molecule has 36 heavy (non-hydrogen) atoms. The van der Waals surface area contributed by atoms with Crippen LogP contribution >= 0.6 is 0 Å². The second kappa shape index (κ2) is 7.94. The monoisotopic (exact) mass is 486 g/mol. The Balaban J connectivity index is 1.31. The molecule has 2 aliphatic heterocycles. The number of aryl methyl sites for hydroxylation is 1. The zero-order valence-corrected chi connectivity index (χ0v) is 21.7. The van der Waals surface area contributed by atoms with Crippen LogP contribution in [0.1, 0.15) is 59.2 Å². The van der Waals surface area contributed by atoms with Crippen molar-refractivity contribution in [3.8, 4) is 22.5 Å². The van der Waals surface area contributed by atoms with Crippen LogP contribution in [-0.4, -0.2) is 59.1 Å². The Morgan fingerprint density at radius 1 is 1.19 bits per heavy atom. The van der Waals surface area contributed by atoms with Crippen LogP contribution in [-0.2, 0) is 12.0 Å². The van der Waals surface area contributed by atoms with Crippen LogP contribution in [0.25, 0.3) is 33.5 Å². The molecule has 0 bridgehead atoms. The molecule has 188 valence electrons. The van der Waals surface area contributed by atoms with Crippen LogP contribution < -0.4 is 5.32 Å². The van der Waals surface area contributed by atoms with E-state index in [1.165, 1.54) is 5.69 Å². The fourth-order valence-electron chi connectivity index (χ4n) is 5.76. The summed E-state index contributed by atoms with van der Waals surface area (Å²) in [7, 11) is 0. The van der Waals surface area contributed by atoms with Gasteiger partial charge in [0.05, 0.1) is 11.4 Å². The molecule has 0 aliphatic carbocycles. The van der Waals surface area contributed by atoms with Gasteiger partial charge >= 0.3 is 6.03 Å². The van der Waals surface area contributed by atoms with E-state index in [1.54, 1.807) is 0 Å². The van der Waals surface area contributed by atoms with E-state index in [2.05, 4.69) is 46.1 Å².